The second-order valence-electron chi connectivity index (χ2n) is 4.92. The lowest BCUT2D eigenvalue weighted by atomic mass is 10.2. The Balaban J connectivity index is 0.00000242. The summed E-state index contributed by atoms with van der Waals surface area (Å²) in [6.07, 6.45) is 0. The van der Waals surface area contributed by atoms with Gasteiger partial charge in [-0.05, 0) is 29.1 Å². The van der Waals surface area contributed by atoms with E-state index in [2.05, 4.69) is 62.3 Å². The van der Waals surface area contributed by atoms with Crippen LogP contribution in [0.1, 0.15) is 10.4 Å². The van der Waals surface area contributed by atoms with Crippen LogP contribution in [0, 0.1) is 0 Å². The molecule has 1 heterocycles. The Morgan fingerprint density at radius 1 is 1.14 bits per heavy atom. The Hall–Kier alpha value is -1.28. The van der Waals surface area contributed by atoms with Gasteiger partial charge in [-0.2, -0.15) is 0 Å². The SMILES string of the molecule is CN=C(NCc1cccc(N(C)C)c1)NCc1cccs1.I. The summed E-state index contributed by atoms with van der Waals surface area (Å²) >= 11 is 1.74. The fourth-order valence-electron chi connectivity index (χ4n) is 1.94. The van der Waals surface area contributed by atoms with Gasteiger partial charge in [-0.25, -0.2) is 0 Å². The van der Waals surface area contributed by atoms with E-state index in [4.69, 9.17) is 0 Å². The highest BCUT2D eigenvalue weighted by Gasteiger charge is 2.01. The number of anilines is 1. The van der Waals surface area contributed by atoms with Gasteiger partial charge in [-0.3, -0.25) is 4.99 Å². The Morgan fingerprint density at radius 2 is 1.91 bits per heavy atom. The summed E-state index contributed by atoms with van der Waals surface area (Å²) in [4.78, 5) is 7.65. The van der Waals surface area contributed by atoms with E-state index in [0.29, 0.717) is 0 Å². The monoisotopic (exact) mass is 430 g/mol. The molecular weight excluding hydrogens is 407 g/mol. The molecule has 0 atom stereocenters. The topological polar surface area (TPSA) is 39.7 Å². The van der Waals surface area contributed by atoms with Crippen LogP contribution in [0.25, 0.3) is 0 Å². The first-order chi connectivity index (χ1) is 10.2. The van der Waals surface area contributed by atoms with Crippen LogP contribution < -0.4 is 15.5 Å². The number of guanidine groups is 1. The fourth-order valence-corrected chi connectivity index (χ4v) is 2.58. The van der Waals surface area contributed by atoms with E-state index in [1.807, 2.05) is 14.1 Å². The standard InChI is InChI=1S/C16H22N4S.HI/c1-17-16(19-12-15-8-5-9-21-15)18-11-13-6-4-7-14(10-13)20(2)3;/h4-10H,11-12H2,1-3H3,(H2,17,18,19);1H. The lowest BCUT2D eigenvalue weighted by molar-refractivity contribution is 0.815. The lowest BCUT2D eigenvalue weighted by Crippen LogP contribution is -2.36. The molecule has 0 aliphatic heterocycles. The van der Waals surface area contributed by atoms with Crippen LogP contribution in [0.5, 0.6) is 0 Å². The van der Waals surface area contributed by atoms with Crippen molar-refractivity contribution < 1.29 is 0 Å². The van der Waals surface area contributed by atoms with E-state index in [9.17, 15) is 0 Å². The van der Waals surface area contributed by atoms with Crippen LogP contribution in [-0.4, -0.2) is 27.1 Å². The molecule has 2 N–H and O–H groups in total. The molecular formula is C16H23IN4S. The molecule has 0 saturated heterocycles. The quantitative estimate of drug-likeness (QED) is 0.435. The Labute approximate surface area is 153 Å². The molecule has 2 aromatic rings. The molecule has 4 nitrogen and oxygen atoms in total. The van der Waals surface area contributed by atoms with Crippen molar-refractivity contribution in [2.24, 2.45) is 4.99 Å². The summed E-state index contributed by atoms with van der Waals surface area (Å²) in [6.45, 7) is 1.56. The minimum atomic E-state index is 0. The number of rotatable bonds is 5. The van der Waals surface area contributed by atoms with Crippen molar-refractivity contribution in [3.05, 3.63) is 52.2 Å². The molecule has 0 fully saturated rings. The number of benzene rings is 1. The van der Waals surface area contributed by atoms with Crippen LogP contribution >= 0.6 is 35.3 Å². The molecule has 0 bridgehead atoms. The predicted molar refractivity (Wildman–Crippen MR) is 108 cm³/mol. The number of hydrogen-bond acceptors (Lipinski definition) is 3. The third-order valence-electron chi connectivity index (χ3n) is 3.12. The van der Waals surface area contributed by atoms with Gasteiger partial charge in [0.2, 0.25) is 0 Å². The van der Waals surface area contributed by atoms with Gasteiger partial charge in [0.25, 0.3) is 0 Å². The minimum absolute atomic E-state index is 0. The Morgan fingerprint density at radius 3 is 2.55 bits per heavy atom. The van der Waals surface area contributed by atoms with Crippen molar-refractivity contribution in [1.82, 2.24) is 10.6 Å². The number of halogens is 1. The minimum Gasteiger partial charge on any atom is -0.378 e. The molecule has 6 heteroatoms. The molecule has 0 radical (unpaired) electrons. The molecule has 120 valence electrons. The van der Waals surface area contributed by atoms with Gasteiger partial charge in [0.1, 0.15) is 0 Å². The zero-order valence-corrected chi connectivity index (χ0v) is 16.3. The summed E-state index contributed by atoms with van der Waals surface area (Å²) in [7, 11) is 5.89. The third-order valence-corrected chi connectivity index (χ3v) is 4.00. The molecule has 0 saturated carbocycles. The van der Waals surface area contributed by atoms with Crippen LogP contribution in [0.3, 0.4) is 0 Å². The number of thiophene rings is 1. The van der Waals surface area contributed by atoms with Crippen molar-refractivity contribution >= 4 is 47.0 Å². The second-order valence-corrected chi connectivity index (χ2v) is 5.96. The average molecular weight is 430 g/mol. The van der Waals surface area contributed by atoms with Gasteiger partial charge in [-0.15, -0.1) is 35.3 Å². The van der Waals surface area contributed by atoms with Crippen LogP contribution in [0.15, 0.2) is 46.8 Å². The van der Waals surface area contributed by atoms with E-state index in [1.54, 1.807) is 18.4 Å². The molecule has 1 aromatic heterocycles. The van der Waals surface area contributed by atoms with Gasteiger partial charge in [-0.1, -0.05) is 18.2 Å². The Kier molecular flexibility index (Phi) is 8.26. The summed E-state index contributed by atoms with van der Waals surface area (Å²) < 4.78 is 0. The molecule has 0 aliphatic carbocycles. The van der Waals surface area contributed by atoms with E-state index in [1.165, 1.54) is 16.1 Å². The van der Waals surface area contributed by atoms with E-state index >= 15 is 0 Å². The summed E-state index contributed by atoms with van der Waals surface area (Å²) in [5, 5.41) is 8.74. The molecule has 0 amide bonds. The van der Waals surface area contributed by atoms with Crippen LogP contribution in [0.2, 0.25) is 0 Å². The first kappa shape index (κ1) is 18.8. The van der Waals surface area contributed by atoms with Gasteiger partial charge in [0, 0.05) is 38.3 Å². The molecule has 0 aliphatic rings. The average Bonchev–Trinajstić information content (AvgIpc) is 3.01. The molecule has 22 heavy (non-hydrogen) atoms. The van der Waals surface area contributed by atoms with Crippen molar-refractivity contribution in [3.63, 3.8) is 0 Å². The zero-order valence-electron chi connectivity index (χ0n) is 13.2. The first-order valence-electron chi connectivity index (χ1n) is 6.92. The number of nitrogens with zero attached hydrogens (tertiary/aromatic N) is 2. The van der Waals surface area contributed by atoms with Gasteiger partial charge in [0.05, 0.1) is 6.54 Å². The van der Waals surface area contributed by atoms with Crippen molar-refractivity contribution in [3.8, 4) is 0 Å². The molecule has 0 unspecified atom stereocenters. The van der Waals surface area contributed by atoms with Crippen LogP contribution in [-0.2, 0) is 13.1 Å². The third kappa shape index (κ3) is 5.84. The highest BCUT2D eigenvalue weighted by Crippen LogP contribution is 2.13. The zero-order chi connectivity index (χ0) is 15.1. The summed E-state index contributed by atoms with van der Waals surface area (Å²) in [5.41, 5.74) is 2.44. The van der Waals surface area contributed by atoms with Gasteiger partial charge < -0.3 is 15.5 Å². The van der Waals surface area contributed by atoms with Crippen molar-refractivity contribution in [2.45, 2.75) is 13.1 Å². The maximum atomic E-state index is 4.25. The maximum absolute atomic E-state index is 4.25. The second kappa shape index (κ2) is 9.68. The smallest absolute Gasteiger partial charge is 0.191 e. The van der Waals surface area contributed by atoms with Crippen LogP contribution in [0.4, 0.5) is 5.69 Å². The van der Waals surface area contributed by atoms with E-state index in [0.717, 1.165) is 19.0 Å². The maximum Gasteiger partial charge on any atom is 0.191 e. The molecule has 0 spiro atoms. The van der Waals surface area contributed by atoms with Gasteiger partial charge in [0.15, 0.2) is 5.96 Å². The highest BCUT2D eigenvalue weighted by atomic mass is 127. The predicted octanol–water partition coefficient (Wildman–Crippen LogP) is 3.30. The normalized spacial score (nSPS) is 10.8. The number of hydrogen-bond donors (Lipinski definition) is 2. The number of nitrogens with one attached hydrogen (secondary N) is 2. The summed E-state index contributed by atoms with van der Waals surface area (Å²) in [6, 6.07) is 12.7. The molecule has 2 rings (SSSR count). The van der Waals surface area contributed by atoms with Crippen molar-refractivity contribution in [1.29, 1.82) is 0 Å². The highest BCUT2D eigenvalue weighted by molar-refractivity contribution is 14.0. The Bertz CT molecular complexity index is 582. The largest absolute Gasteiger partial charge is 0.378 e. The number of aliphatic imine (C=N–C) groups is 1. The lowest BCUT2D eigenvalue weighted by Gasteiger charge is -2.15. The van der Waals surface area contributed by atoms with Gasteiger partial charge >= 0.3 is 0 Å². The first-order valence-corrected chi connectivity index (χ1v) is 7.80. The van der Waals surface area contributed by atoms with E-state index < -0.39 is 0 Å². The van der Waals surface area contributed by atoms with Crippen molar-refractivity contribution in [2.75, 3.05) is 26.0 Å². The van der Waals surface area contributed by atoms with E-state index in [-0.39, 0.29) is 24.0 Å². The summed E-state index contributed by atoms with van der Waals surface area (Å²) in [5.74, 6) is 0.818. The molecule has 1 aromatic carbocycles. The fraction of sp³-hybridized carbons (Fsp3) is 0.312.